The highest BCUT2D eigenvalue weighted by atomic mass is 16.2. The van der Waals surface area contributed by atoms with Gasteiger partial charge in [-0.25, -0.2) is 0 Å². The maximum absolute atomic E-state index is 12.8. The van der Waals surface area contributed by atoms with Crippen LogP contribution in [0.5, 0.6) is 0 Å². The van der Waals surface area contributed by atoms with Gasteiger partial charge in [-0.05, 0) is 44.4 Å². The predicted octanol–water partition coefficient (Wildman–Crippen LogP) is 2.86. The molecule has 1 aromatic carbocycles. The van der Waals surface area contributed by atoms with E-state index in [9.17, 15) is 4.79 Å². The summed E-state index contributed by atoms with van der Waals surface area (Å²) in [6.45, 7) is 7.16. The minimum atomic E-state index is 0.123. The third kappa shape index (κ3) is 3.40. The van der Waals surface area contributed by atoms with Gasteiger partial charge in [0.15, 0.2) is 0 Å². The summed E-state index contributed by atoms with van der Waals surface area (Å²) >= 11 is 0. The zero-order chi connectivity index (χ0) is 18.1. The summed E-state index contributed by atoms with van der Waals surface area (Å²) in [5.74, 6) is 0.123. The summed E-state index contributed by atoms with van der Waals surface area (Å²) in [7, 11) is 1.84. The quantitative estimate of drug-likeness (QED) is 0.853. The number of nitrogens with zero attached hydrogens (tertiary/aromatic N) is 4. The van der Waals surface area contributed by atoms with E-state index in [4.69, 9.17) is 0 Å². The van der Waals surface area contributed by atoms with Gasteiger partial charge in [-0.1, -0.05) is 29.8 Å². The zero-order valence-electron chi connectivity index (χ0n) is 15.8. The molecule has 1 aromatic heterocycles. The van der Waals surface area contributed by atoms with Gasteiger partial charge in [0.25, 0.3) is 5.91 Å². The number of carbonyl (C=O) groups is 1. The van der Waals surface area contributed by atoms with Crippen molar-refractivity contribution >= 4 is 5.91 Å². The van der Waals surface area contributed by atoms with Crippen molar-refractivity contribution in [2.45, 2.75) is 32.7 Å². The van der Waals surface area contributed by atoms with Gasteiger partial charge in [-0.15, -0.1) is 0 Å². The maximum atomic E-state index is 12.8. The molecule has 4 rings (SSSR count). The number of amides is 1. The molecule has 3 heterocycles. The summed E-state index contributed by atoms with van der Waals surface area (Å²) in [4.78, 5) is 17.4. The molecule has 2 saturated heterocycles. The van der Waals surface area contributed by atoms with Crippen molar-refractivity contribution in [1.82, 2.24) is 19.6 Å². The van der Waals surface area contributed by atoms with E-state index in [2.05, 4.69) is 41.2 Å². The molecule has 1 amide bonds. The van der Waals surface area contributed by atoms with Crippen molar-refractivity contribution in [3.8, 4) is 0 Å². The fourth-order valence-electron chi connectivity index (χ4n) is 4.70. The van der Waals surface area contributed by atoms with Crippen LogP contribution >= 0.6 is 0 Å². The van der Waals surface area contributed by atoms with E-state index in [0.29, 0.717) is 5.69 Å². The van der Waals surface area contributed by atoms with Crippen LogP contribution in [-0.2, 0) is 13.6 Å². The monoisotopic (exact) mass is 352 g/mol. The number of aryl methyl sites for hydroxylation is 2. The summed E-state index contributed by atoms with van der Waals surface area (Å²) in [5, 5.41) is 4.14. The van der Waals surface area contributed by atoms with Gasteiger partial charge in [0.05, 0.1) is 0 Å². The molecule has 138 valence electrons. The van der Waals surface area contributed by atoms with Crippen molar-refractivity contribution < 1.29 is 4.79 Å². The molecule has 2 aromatic rings. The molecule has 1 unspecified atom stereocenters. The highest BCUT2D eigenvalue weighted by Crippen LogP contribution is 2.39. The minimum absolute atomic E-state index is 0.123. The first kappa shape index (κ1) is 17.3. The number of hydrogen-bond acceptors (Lipinski definition) is 3. The van der Waals surface area contributed by atoms with Crippen LogP contribution < -0.4 is 0 Å². The Morgan fingerprint density at radius 3 is 2.85 bits per heavy atom. The van der Waals surface area contributed by atoms with E-state index in [0.717, 1.165) is 39.1 Å². The number of aromatic nitrogens is 2. The minimum Gasteiger partial charge on any atom is -0.337 e. The molecule has 2 aliphatic rings. The van der Waals surface area contributed by atoms with Crippen LogP contribution in [0, 0.1) is 12.3 Å². The van der Waals surface area contributed by atoms with Gasteiger partial charge in [0, 0.05) is 44.8 Å². The summed E-state index contributed by atoms with van der Waals surface area (Å²) in [5.41, 5.74) is 3.66. The fraction of sp³-hybridized carbons (Fsp3) is 0.524. The normalized spacial score (nSPS) is 23.7. The number of piperidine rings is 1. The molecule has 5 nitrogen and oxygen atoms in total. The molecule has 5 heteroatoms. The van der Waals surface area contributed by atoms with Gasteiger partial charge in [-0.2, -0.15) is 5.10 Å². The lowest BCUT2D eigenvalue weighted by molar-refractivity contribution is 0.0667. The molecule has 2 aliphatic heterocycles. The van der Waals surface area contributed by atoms with Crippen molar-refractivity contribution in [3.05, 3.63) is 53.3 Å². The third-order valence-corrected chi connectivity index (χ3v) is 5.99. The molecule has 0 N–H and O–H groups in total. The second kappa shape index (κ2) is 6.88. The van der Waals surface area contributed by atoms with Crippen molar-refractivity contribution in [1.29, 1.82) is 0 Å². The second-order valence-corrected chi connectivity index (χ2v) is 8.12. The molecule has 0 saturated carbocycles. The van der Waals surface area contributed by atoms with Crippen LogP contribution in [0.3, 0.4) is 0 Å². The van der Waals surface area contributed by atoms with Crippen LogP contribution in [0.15, 0.2) is 36.5 Å². The number of hydrogen-bond donors (Lipinski definition) is 0. The molecule has 0 radical (unpaired) electrons. The Morgan fingerprint density at radius 2 is 2.08 bits per heavy atom. The molecule has 1 spiro atoms. The predicted molar refractivity (Wildman–Crippen MR) is 102 cm³/mol. The van der Waals surface area contributed by atoms with Crippen molar-refractivity contribution in [3.63, 3.8) is 0 Å². The van der Waals surface area contributed by atoms with Gasteiger partial charge >= 0.3 is 0 Å². The van der Waals surface area contributed by atoms with E-state index in [1.807, 2.05) is 18.0 Å². The van der Waals surface area contributed by atoms with Gasteiger partial charge in [0.1, 0.15) is 5.69 Å². The summed E-state index contributed by atoms with van der Waals surface area (Å²) in [6.07, 6.45) is 5.26. The third-order valence-electron chi connectivity index (χ3n) is 5.99. The number of carbonyl (C=O) groups excluding carboxylic acids is 1. The van der Waals surface area contributed by atoms with Crippen molar-refractivity contribution in [2.24, 2.45) is 12.5 Å². The fourth-order valence-corrected chi connectivity index (χ4v) is 4.70. The van der Waals surface area contributed by atoms with E-state index < -0.39 is 0 Å². The lowest BCUT2D eigenvalue weighted by atomic mass is 9.79. The molecular formula is C21H28N4O. The topological polar surface area (TPSA) is 41.4 Å². The number of benzene rings is 1. The van der Waals surface area contributed by atoms with Crippen LogP contribution in [0.25, 0.3) is 0 Å². The largest absolute Gasteiger partial charge is 0.337 e. The van der Waals surface area contributed by atoms with E-state index in [1.165, 1.54) is 24.0 Å². The average molecular weight is 352 g/mol. The zero-order valence-corrected chi connectivity index (χ0v) is 15.8. The molecule has 0 aliphatic carbocycles. The van der Waals surface area contributed by atoms with Crippen LogP contribution in [0.2, 0.25) is 0 Å². The molecule has 26 heavy (non-hydrogen) atoms. The van der Waals surface area contributed by atoms with Gasteiger partial charge in [-0.3, -0.25) is 14.4 Å². The van der Waals surface area contributed by atoms with E-state index in [-0.39, 0.29) is 11.3 Å². The SMILES string of the molecule is Cc1cccc(CN2CCCC3(CCN(C(=O)c4ccnn4C)C3)C2)c1. The van der Waals surface area contributed by atoms with Crippen LogP contribution in [0.1, 0.15) is 40.9 Å². The van der Waals surface area contributed by atoms with Crippen molar-refractivity contribution in [2.75, 3.05) is 26.2 Å². The van der Waals surface area contributed by atoms with E-state index >= 15 is 0 Å². The molecule has 2 fully saturated rings. The standard InChI is InChI=1S/C21H28N4O/c1-17-5-3-6-18(13-17)14-24-11-4-8-21(15-24)9-12-25(16-21)20(26)19-7-10-22-23(19)2/h3,5-7,10,13H,4,8-9,11-12,14-16H2,1-2H3. The summed E-state index contributed by atoms with van der Waals surface area (Å²) < 4.78 is 1.68. The number of likely N-dealkylation sites (tertiary alicyclic amines) is 2. The first-order chi connectivity index (χ1) is 12.5. The van der Waals surface area contributed by atoms with Gasteiger partial charge in [0.2, 0.25) is 0 Å². The van der Waals surface area contributed by atoms with Crippen LogP contribution in [-0.4, -0.2) is 51.7 Å². The maximum Gasteiger partial charge on any atom is 0.272 e. The second-order valence-electron chi connectivity index (χ2n) is 8.12. The Balaban J connectivity index is 1.42. The van der Waals surface area contributed by atoms with E-state index in [1.54, 1.807) is 10.9 Å². The number of rotatable bonds is 3. The highest BCUT2D eigenvalue weighted by molar-refractivity contribution is 5.92. The van der Waals surface area contributed by atoms with Gasteiger partial charge < -0.3 is 4.90 Å². The first-order valence-electron chi connectivity index (χ1n) is 9.60. The average Bonchev–Trinajstić information content (AvgIpc) is 3.21. The highest BCUT2D eigenvalue weighted by Gasteiger charge is 2.43. The van der Waals surface area contributed by atoms with Crippen LogP contribution in [0.4, 0.5) is 0 Å². The lowest BCUT2D eigenvalue weighted by Crippen LogP contribution is -2.45. The smallest absolute Gasteiger partial charge is 0.272 e. The Hall–Kier alpha value is -2.14. The lowest BCUT2D eigenvalue weighted by Gasteiger charge is -2.40. The Morgan fingerprint density at radius 1 is 1.19 bits per heavy atom. The Kier molecular flexibility index (Phi) is 4.57. The summed E-state index contributed by atoms with van der Waals surface area (Å²) in [6, 6.07) is 10.6. The first-order valence-corrected chi connectivity index (χ1v) is 9.60. The Bertz CT molecular complexity index is 799. The Labute approximate surface area is 155 Å². The molecule has 0 bridgehead atoms. The molecule has 1 atom stereocenters. The molecular weight excluding hydrogens is 324 g/mol.